The van der Waals surface area contributed by atoms with Gasteiger partial charge in [0.2, 0.25) is 23.5 Å². The van der Waals surface area contributed by atoms with Crippen molar-refractivity contribution in [3.63, 3.8) is 0 Å². The zero-order valence-electron chi connectivity index (χ0n) is 16.3. The van der Waals surface area contributed by atoms with Gasteiger partial charge >= 0.3 is 12.2 Å². The smallest absolute Gasteiger partial charge is 0.292 e. The summed E-state index contributed by atoms with van der Waals surface area (Å²) >= 11 is 0. The SMILES string of the molecule is CC(=O)NNC(=O)CCCCC(=O)NNc1c(F)c(=O)c1=O.Cc1nc(F)nc(F)n1. The molecule has 15 heteroatoms. The third-order valence-electron chi connectivity index (χ3n) is 3.31. The van der Waals surface area contributed by atoms with Crippen molar-refractivity contribution in [2.24, 2.45) is 0 Å². The Bertz CT molecular complexity index is 973. The fourth-order valence-electron chi connectivity index (χ4n) is 1.88. The van der Waals surface area contributed by atoms with Gasteiger partial charge < -0.3 is 0 Å². The van der Waals surface area contributed by atoms with Crippen molar-refractivity contribution in [2.45, 2.75) is 39.5 Å². The van der Waals surface area contributed by atoms with Gasteiger partial charge in [0.25, 0.3) is 10.9 Å². The Morgan fingerprint density at radius 2 is 1.32 bits per heavy atom. The number of amides is 3. The molecule has 0 spiro atoms. The average molecular weight is 445 g/mol. The van der Waals surface area contributed by atoms with Crippen LogP contribution < -0.4 is 32.6 Å². The topological polar surface area (TPSA) is 172 Å². The third-order valence-corrected chi connectivity index (χ3v) is 3.31. The number of hydrazine groups is 2. The van der Waals surface area contributed by atoms with E-state index in [1.54, 1.807) is 0 Å². The molecule has 1 aromatic carbocycles. The van der Waals surface area contributed by atoms with E-state index in [0.29, 0.717) is 12.8 Å². The van der Waals surface area contributed by atoms with E-state index < -0.39 is 46.3 Å². The second-order valence-corrected chi connectivity index (χ2v) is 5.88. The van der Waals surface area contributed by atoms with E-state index in [2.05, 4.69) is 31.2 Å². The van der Waals surface area contributed by atoms with Gasteiger partial charge in [-0.15, -0.1) is 0 Å². The minimum Gasteiger partial charge on any atom is -0.292 e. The van der Waals surface area contributed by atoms with Gasteiger partial charge in [-0.2, -0.15) is 28.1 Å². The van der Waals surface area contributed by atoms with Crippen molar-refractivity contribution in [2.75, 3.05) is 5.43 Å². The van der Waals surface area contributed by atoms with Crippen molar-refractivity contribution in [3.8, 4) is 0 Å². The molecule has 0 atom stereocenters. The summed E-state index contributed by atoms with van der Waals surface area (Å²) in [6, 6.07) is 0. The number of aryl methyl sites for hydroxylation is 1. The molecule has 0 radical (unpaired) electrons. The van der Waals surface area contributed by atoms with Gasteiger partial charge in [0.1, 0.15) is 11.5 Å². The fraction of sp³-hybridized carbons (Fsp3) is 0.375. The Labute approximate surface area is 172 Å². The lowest BCUT2D eigenvalue weighted by Gasteiger charge is -2.09. The first-order valence-electron chi connectivity index (χ1n) is 8.64. The molecule has 1 heterocycles. The van der Waals surface area contributed by atoms with Crippen molar-refractivity contribution < 1.29 is 27.6 Å². The summed E-state index contributed by atoms with van der Waals surface area (Å²) in [5, 5.41) is 0. The van der Waals surface area contributed by atoms with Gasteiger partial charge in [0.15, 0.2) is 0 Å². The number of nitrogens with zero attached hydrogens (tertiary/aromatic N) is 3. The molecule has 31 heavy (non-hydrogen) atoms. The normalized spacial score (nSPS) is 9.97. The number of halogens is 3. The number of anilines is 1. The molecule has 12 nitrogen and oxygen atoms in total. The summed E-state index contributed by atoms with van der Waals surface area (Å²) < 4.78 is 36.7. The van der Waals surface area contributed by atoms with E-state index >= 15 is 0 Å². The van der Waals surface area contributed by atoms with Crippen LogP contribution in [0.15, 0.2) is 9.59 Å². The van der Waals surface area contributed by atoms with E-state index in [-0.39, 0.29) is 24.6 Å². The first kappa shape index (κ1) is 25.1. The maximum Gasteiger partial charge on any atom is 0.314 e. The highest BCUT2D eigenvalue weighted by Crippen LogP contribution is 2.03. The van der Waals surface area contributed by atoms with Gasteiger partial charge in [-0.05, 0) is 19.8 Å². The van der Waals surface area contributed by atoms with Crippen LogP contribution in [0.5, 0.6) is 0 Å². The van der Waals surface area contributed by atoms with E-state index in [1.165, 1.54) is 13.8 Å². The van der Waals surface area contributed by atoms with Gasteiger partial charge in [-0.25, -0.2) is 0 Å². The van der Waals surface area contributed by atoms with Gasteiger partial charge in [0.05, 0.1) is 0 Å². The molecule has 2 rings (SSSR count). The summed E-state index contributed by atoms with van der Waals surface area (Å²) in [6.45, 7) is 2.63. The second kappa shape index (κ2) is 11.9. The average Bonchev–Trinajstić information content (AvgIpc) is 2.68. The van der Waals surface area contributed by atoms with Crippen LogP contribution in [0.25, 0.3) is 0 Å². The van der Waals surface area contributed by atoms with Crippen LogP contribution >= 0.6 is 0 Å². The van der Waals surface area contributed by atoms with Gasteiger partial charge in [0, 0.05) is 19.8 Å². The third kappa shape index (κ3) is 8.97. The lowest BCUT2D eigenvalue weighted by atomic mass is 10.2. The molecule has 0 fully saturated rings. The predicted octanol–water partition coefficient (Wildman–Crippen LogP) is -0.949. The monoisotopic (exact) mass is 445 g/mol. The van der Waals surface area contributed by atoms with Crippen LogP contribution in [-0.4, -0.2) is 32.7 Å². The lowest BCUT2D eigenvalue weighted by Crippen LogP contribution is -2.42. The molecule has 1 aromatic heterocycles. The van der Waals surface area contributed by atoms with Gasteiger partial charge in [-0.3, -0.25) is 45.7 Å². The largest absolute Gasteiger partial charge is 0.314 e. The second-order valence-electron chi connectivity index (χ2n) is 5.88. The number of carbonyl (C=O) groups is 3. The Morgan fingerprint density at radius 1 is 0.806 bits per heavy atom. The van der Waals surface area contributed by atoms with Crippen molar-refractivity contribution in [1.82, 2.24) is 31.2 Å². The van der Waals surface area contributed by atoms with E-state index in [9.17, 15) is 37.1 Å². The number of hydrogen-bond donors (Lipinski definition) is 4. The molecule has 3 amide bonds. The Kier molecular flexibility index (Phi) is 9.68. The molecule has 168 valence electrons. The van der Waals surface area contributed by atoms with E-state index in [4.69, 9.17) is 0 Å². The highest BCUT2D eigenvalue weighted by molar-refractivity contribution is 5.80. The molecular weight excluding hydrogens is 427 g/mol. The molecule has 0 aliphatic heterocycles. The van der Waals surface area contributed by atoms with Crippen LogP contribution in [-0.2, 0) is 14.4 Å². The summed E-state index contributed by atoms with van der Waals surface area (Å²) in [6.07, 6.45) is -1.24. The van der Waals surface area contributed by atoms with Crippen LogP contribution in [0.3, 0.4) is 0 Å². The van der Waals surface area contributed by atoms with Crippen molar-refractivity contribution in [3.05, 3.63) is 44.2 Å². The summed E-state index contributed by atoms with van der Waals surface area (Å²) in [5.74, 6) is -2.47. The molecule has 0 saturated carbocycles. The number of nitrogens with one attached hydrogen (secondary N) is 4. The number of carbonyl (C=O) groups excluding carboxylic acids is 3. The quantitative estimate of drug-likeness (QED) is 0.238. The highest BCUT2D eigenvalue weighted by atomic mass is 19.1. The number of rotatable bonds is 7. The first-order valence-corrected chi connectivity index (χ1v) is 8.64. The molecule has 2 aromatic rings. The Morgan fingerprint density at radius 3 is 1.77 bits per heavy atom. The van der Waals surface area contributed by atoms with E-state index in [1.807, 2.05) is 5.43 Å². The molecule has 0 aliphatic rings. The van der Waals surface area contributed by atoms with Crippen LogP contribution in [0.4, 0.5) is 18.9 Å². The van der Waals surface area contributed by atoms with Crippen LogP contribution in [0, 0.1) is 24.9 Å². The molecule has 4 N–H and O–H groups in total. The first-order chi connectivity index (χ1) is 14.5. The number of unbranched alkanes of at least 4 members (excludes halogenated alkanes) is 1. The molecule has 0 aliphatic carbocycles. The fourth-order valence-corrected chi connectivity index (χ4v) is 1.88. The van der Waals surface area contributed by atoms with Gasteiger partial charge in [-0.1, -0.05) is 0 Å². The molecule has 0 bridgehead atoms. The van der Waals surface area contributed by atoms with Crippen molar-refractivity contribution >= 4 is 23.4 Å². The predicted molar refractivity (Wildman–Crippen MR) is 98.0 cm³/mol. The molecule has 0 unspecified atom stereocenters. The van der Waals surface area contributed by atoms with Crippen LogP contribution in [0.2, 0.25) is 0 Å². The number of aromatic nitrogens is 3. The maximum atomic E-state index is 12.8. The Balaban J connectivity index is 0.000000442. The minimum atomic E-state index is -1.22. The van der Waals surface area contributed by atoms with Crippen molar-refractivity contribution in [1.29, 1.82) is 0 Å². The van der Waals surface area contributed by atoms with Crippen LogP contribution in [0.1, 0.15) is 38.4 Å². The maximum absolute atomic E-state index is 12.8. The standard InChI is InChI=1S/C12H15FN4O5.C4H3F2N3/c1-6(18)14-15-7(19)4-2-3-5-8(20)16-17-10-9(13)11(21)12(10)22;1-2-7-3(5)9-4(6)8-2/h17H,2-5H2,1H3,(H,14,18)(H,15,19)(H,16,20);1H3. The highest BCUT2D eigenvalue weighted by Gasteiger charge is 2.20. The Hall–Kier alpha value is -3.91. The lowest BCUT2D eigenvalue weighted by molar-refractivity contribution is -0.128. The summed E-state index contributed by atoms with van der Waals surface area (Å²) in [5.41, 5.74) is 5.61. The zero-order chi connectivity index (χ0) is 23.6. The molecular formula is C16H18F3N7O5. The molecule has 0 saturated heterocycles. The van der Waals surface area contributed by atoms with E-state index in [0.717, 1.165) is 0 Å². The zero-order valence-corrected chi connectivity index (χ0v) is 16.3. The minimum absolute atomic E-state index is 0.0391. The summed E-state index contributed by atoms with van der Waals surface area (Å²) in [4.78, 5) is 63.5. The summed E-state index contributed by atoms with van der Waals surface area (Å²) in [7, 11) is 0. The number of hydrogen-bond acceptors (Lipinski definition) is 9.